The number of carbonyl (C=O) groups is 1. The van der Waals surface area contributed by atoms with Crippen LogP contribution < -0.4 is 10.6 Å². The second-order valence-electron chi connectivity index (χ2n) is 9.24. The first-order chi connectivity index (χ1) is 14.2. The number of carbonyl (C=O) groups excluding carboxylic acids is 1. The Morgan fingerprint density at radius 1 is 1.00 bits per heavy atom. The van der Waals surface area contributed by atoms with Crippen LogP contribution in [0.5, 0.6) is 0 Å². The summed E-state index contributed by atoms with van der Waals surface area (Å²) in [5.74, 6) is -0.259. The minimum atomic E-state index is -0.688. The van der Waals surface area contributed by atoms with Gasteiger partial charge in [-0.05, 0) is 36.3 Å². The van der Waals surface area contributed by atoms with E-state index in [1.165, 1.54) is 0 Å². The molecule has 0 heterocycles. The Labute approximate surface area is 182 Å². The first kappa shape index (κ1) is 24.1. The van der Waals surface area contributed by atoms with Crippen molar-refractivity contribution in [1.29, 1.82) is 0 Å². The van der Waals surface area contributed by atoms with Crippen LogP contribution in [0.2, 0.25) is 0 Å². The van der Waals surface area contributed by atoms with Crippen LogP contribution in [0, 0.1) is 5.41 Å². The van der Waals surface area contributed by atoms with Gasteiger partial charge in [0.05, 0.1) is 18.1 Å². The molecule has 1 amide bonds. The highest BCUT2D eigenvalue weighted by molar-refractivity contribution is 5.83. The first-order valence-corrected chi connectivity index (χ1v) is 11.0. The number of rotatable bonds is 10. The molecule has 2 aromatic rings. The van der Waals surface area contributed by atoms with Crippen LogP contribution in [0.3, 0.4) is 0 Å². The molecule has 2 rings (SSSR count). The third-order valence-electron chi connectivity index (χ3n) is 5.95. The molecule has 0 aliphatic rings. The fourth-order valence-electron chi connectivity index (χ4n) is 3.44. The molecule has 0 saturated heterocycles. The van der Waals surface area contributed by atoms with Crippen molar-refractivity contribution in [2.45, 2.75) is 71.6 Å². The zero-order valence-corrected chi connectivity index (χ0v) is 19.1. The van der Waals surface area contributed by atoms with Gasteiger partial charge in [0.25, 0.3) is 0 Å². The summed E-state index contributed by atoms with van der Waals surface area (Å²) in [5.41, 5.74) is 2.20. The minimum absolute atomic E-state index is 0.0347. The molecule has 0 radical (unpaired) electrons. The lowest BCUT2D eigenvalue weighted by Crippen LogP contribution is -2.52. The molecule has 3 N–H and O–H groups in total. The maximum Gasteiger partial charge on any atom is 0.227 e. The lowest BCUT2D eigenvalue weighted by atomic mass is 9.88. The van der Waals surface area contributed by atoms with Crippen molar-refractivity contribution in [3.8, 4) is 0 Å². The number of hydrogen-bond acceptors (Lipinski definition) is 3. The molecule has 30 heavy (non-hydrogen) atoms. The first-order valence-electron chi connectivity index (χ1n) is 11.0. The van der Waals surface area contributed by atoms with Gasteiger partial charge in [0.1, 0.15) is 0 Å². The molecule has 0 spiro atoms. The molecule has 2 unspecified atom stereocenters. The second-order valence-corrected chi connectivity index (χ2v) is 9.24. The van der Waals surface area contributed by atoms with E-state index in [-0.39, 0.29) is 29.3 Å². The molecule has 4 nitrogen and oxygen atoms in total. The summed E-state index contributed by atoms with van der Waals surface area (Å²) in [5, 5.41) is 17.6. The summed E-state index contributed by atoms with van der Waals surface area (Å²) in [6.07, 6.45) is 0.612. The number of amides is 1. The lowest BCUT2D eigenvalue weighted by Gasteiger charge is -2.32. The number of benzene rings is 2. The molecule has 4 heteroatoms. The molecule has 4 atom stereocenters. The molecule has 2 aromatic carbocycles. The standard InChI is InChI=1S/C26H38N2O2/c1-6-22(21-15-11-8-12-16-21)25(30)28-23(17-20-13-9-7-10-14-20)24(29)18-27-19(2)26(3,4)5/h7-16,19,22-24,27,29H,6,17-18H2,1-5H3,(H,28,30)/t19?,22?,23-,24+/m0/s1. The van der Waals surface area contributed by atoms with E-state index in [4.69, 9.17) is 0 Å². The van der Waals surface area contributed by atoms with E-state index in [1.54, 1.807) is 0 Å². The van der Waals surface area contributed by atoms with Crippen molar-refractivity contribution in [3.63, 3.8) is 0 Å². The van der Waals surface area contributed by atoms with Gasteiger partial charge >= 0.3 is 0 Å². The summed E-state index contributed by atoms with van der Waals surface area (Å²) in [4.78, 5) is 13.1. The Morgan fingerprint density at radius 3 is 2.10 bits per heavy atom. The van der Waals surface area contributed by atoms with Gasteiger partial charge in [0, 0.05) is 12.6 Å². The number of aliphatic hydroxyl groups excluding tert-OH is 1. The quantitative estimate of drug-likeness (QED) is 0.547. The average Bonchev–Trinajstić information content (AvgIpc) is 2.72. The van der Waals surface area contributed by atoms with Crippen LogP contribution >= 0.6 is 0 Å². The van der Waals surface area contributed by atoms with E-state index in [1.807, 2.05) is 67.6 Å². The predicted octanol–water partition coefficient (Wildman–Crippen LogP) is 4.29. The van der Waals surface area contributed by atoms with E-state index < -0.39 is 6.10 Å². The van der Waals surface area contributed by atoms with Gasteiger partial charge in [0.15, 0.2) is 0 Å². The van der Waals surface area contributed by atoms with Gasteiger partial charge in [-0.2, -0.15) is 0 Å². The highest BCUT2D eigenvalue weighted by Gasteiger charge is 2.27. The summed E-state index contributed by atoms with van der Waals surface area (Å²) < 4.78 is 0. The Kier molecular flexibility index (Phi) is 9.07. The van der Waals surface area contributed by atoms with Crippen LogP contribution in [0.25, 0.3) is 0 Å². The average molecular weight is 411 g/mol. The largest absolute Gasteiger partial charge is 0.390 e. The SMILES string of the molecule is CCC(C(=O)N[C@@H](Cc1ccccc1)[C@H](O)CNC(C)C(C)(C)C)c1ccccc1. The van der Waals surface area contributed by atoms with E-state index in [2.05, 4.69) is 38.3 Å². The number of nitrogens with one attached hydrogen (secondary N) is 2. The van der Waals surface area contributed by atoms with Crippen molar-refractivity contribution in [1.82, 2.24) is 10.6 Å². The van der Waals surface area contributed by atoms with E-state index in [0.717, 1.165) is 11.1 Å². The molecular formula is C26H38N2O2. The third kappa shape index (κ3) is 7.26. The Bertz CT molecular complexity index is 756. The predicted molar refractivity (Wildman–Crippen MR) is 124 cm³/mol. The highest BCUT2D eigenvalue weighted by atomic mass is 16.3. The fraction of sp³-hybridized carbons (Fsp3) is 0.500. The summed E-state index contributed by atoms with van der Waals surface area (Å²) in [7, 11) is 0. The lowest BCUT2D eigenvalue weighted by molar-refractivity contribution is -0.124. The number of hydrogen-bond donors (Lipinski definition) is 3. The van der Waals surface area contributed by atoms with E-state index in [9.17, 15) is 9.90 Å². The zero-order chi connectivity index (χ0) is 22.1. The highest BCUT2D eigenvalue weighted by Crippen LogP contribution is 2.21. The molecule has 0 aliphatic heterocycles. The Morgan fingerprint density at radius 2 is 1.57 bits per heavy atom. The number of aliphatic hydroxyl groups is 1. The minimum Gasteiger partial charge on any atom is -0.390 e. The van der Waals surface area contributed by atoms with Crippen LogP contribution in [0.15, 0.2) is 60.7 Å². The molecule has 0 aliphatic carbocycles. The molecule has 0 fully saturated rings. The van der Waals surface area contributed by atoms with E-state index >= 15 is 0 Å². The molecule has 164 valence electrons. The summed E-state index contributed by atoms with van der Waals surface area (Å²) >= 11 is 0. The molecule has 0 saturated carbocycles. The third-order valence-corrected chi connectivity index (χ3v) is 5.95. The Hall–Kier alpha value is -2.17. The van der Waals surface area contributed by atoms with Crippen LogP contribution in [-0.4, -0.2) is 35.7 Å². The van der Waals surface area contributed by atoms with Gasteiger partial charge in [-0.1, -0.05) is 88.4 Å². The summed E-state index contributed by atoms with van der Waals surface area (Å²) in [6, 6.07) is 19.7. The van der Waals surface area contributed by atoms with Crippen molar-refractivity contribution in [2.24, 2.45) is 5.41 Å². The van der Waals surface area contributed by atoms with Gasteiger partial charge < -0.3 is 15.7 Å². The van der Waals surface area contributed by atoms with Gasteiger partial charge in [-0.3, -0.25) is 4.79 Å². The van der Waals surface area contributed by atoms with Gasteiger partial charge in [-0.25, -0.2) is 0 Å². The fourth-order valence-corrected chi connectivity index (χ4v) is 3.44. The smallest absolute Gasteiger partial charge is 0.227 e. The molecular weight excluding hydrogens is 372 g/mol. The summed E-state index contributed by atoms with van der Waals surface area (Å²) in [6.45, 7) is 11.1. The van der Waals surface area contributed by atoms with Crippen LogP contribution in [-0.2, 0) is 11.2 Å². The van der Waals surface area contributed by atoms with Gasteiger partial charge in [0.2, 0.25) is 5.91 Å². The Balaban J connectivity index is 2.13. The van der Waals surface area contributed by atoms with Crippen molar-refractivity contribution < 1.29 is 9.90 Å². The van der Waals surface area contributed by atoms with Crippen molar-refractivity contribution >= 4 is 5.91 Å². The topological polar surface area (TPSA) is 61.4 Å². The van der Waals surface area contributed by atoms with Crippen LogP contribution in [0.4, 0.5) is 0 Å². The molecule has 0 bridgehead atoms. The van der Waals surface area contributed by atoms with Crippen LogP contribution in [0.1, 0.15) is 58.1 Å². The maximum atomic E-state index is 13.1. The molecule has 0 aromatic heterocycles. The van der Waals surface area contributed by atoms with E-state index in [0.29, 0.717) is 19.4 Å². The van der Waals surface area contributed by atoms with Gasteiger partial charge in [-0.15, -0.1) is 0 Å². The zero-order valence-electron chi connectivity index (χ0n) is 19.1. The second kappa shape index (κ2) is 11.3. The normalized spacial score (nSPS) is 15.8. The maximum absolute atomic E-state index is 13.1. The monoisotopic (exact) mass is 410 g/mol. The van der Waals surface area contributed by atoms with Crippen molar-refractivity contribution in [3.05, 3.63) is 71.8 Å². The van der Waals surface area contributed by atoms with Crippen molar-refractivity contribution in [2.75, 3.05) is 6.54 Å².